The molecule has 0 saturated heterocycles. The van der Waals surface area contributed by atoms with E-state index in [-0.39, 0.29) is 24.3 Å². The van der Waals surface area contributed by atoms with Crippen LogP contribution in [0.15, 0.2) is 30.5 Å². The molecule has 30 heavy (non-hydrogen) atoms. The van der Waals surface area contributed by atoms with Crippen molar-refractivity contribution in [2.45, 2.75) is 45.1 Å². The van der Waals surface area contributed by atoms with E-state index in [2.05, 4.69) is 20.3 Å². The van der Waals surface area contributed by atoms with Gasteiger partial charge >= 0.3 is 5.97 Å². The fourth-order valence-electron chi connectivity index (χ4n) is 3.37. The first-order valence-electron chi connectivity index (χ1n) is 9.84. The van der Waals surface area contributed by atoms with Gasteiger partial charge in [-0.3, -0.25) is 9.59 Å². The summed E-state index contributed by atoms with van der Waals surface area (Å²) < 4.78 is 0. The third-order valence-corrected chi connectivity index (χ3v) is 4.95. The molecule has 1 atom stereocenters. The lowest BCUT2D eigenvalue weighted by molar-refractivity contribution is -0.137. The number of fused-ring (bicyclic) bond motifs is 1. The van der Waals surface area contributed by atoms with Crippen LogP contribution < -0.4 is 16.8 Å². The quantitative estimate of drug-likeness (QED) is 0.361. The molecule has 0 bridgehead atoms. The molecule has 2 heterocycles. The summed E-state index contributed by atoms with van der Waals surface area (Å²) in [6.07, 6.45) is 4.86. The molecule has 1 aromatic carbocycles. The van der Waals surface area contributed by atoms with Gasteiger partial charge in [-0.15, -0.1) is 0 Å². The maximum absolute atomic E-state index is 12.3. The number of hydrogen-bond donors (Lipinski definition) is 5. The fraction of sp³-hybridized carbons (Fsp3) is 0.333. The summed E-state index contributed by atoms with van der Waals surface area (Å²) in [6, 6.07) is 7.24. The Bertz CT molecular complexity index is 1040. The molecule has 1 unspecified atom stereocenters. The zero-order valence-electron chi connectivity index (χ0n) is 16.8. The summed E-state index contributed by atoms with van der Waals surface area (Å²) in [6.45, 7) is 1.80. The number of carbonyl (C=O) groups is 2. The fourth-order valence-corrected chi connectivity index (χ4v) is 3.37. The van der Waals surface area contributed by atoms with E-state index in [0.717, 1.165) is 35.8 Å². The third kappa shape index (κ3) is 5.25. The van der Waals surface area contributed by atoms with E-state index in [0.29, 0.717) is 23.4 Å². The van der Waals surface area contributed by atoms with E-state index in [1.165, 1.54) is 0 Å². The largest absolute Gasteiger partial charge is 0.481 e. The zero-order valence-corrected chi connectivity index (χ0v) is 16.8. The van der Waals surface area contributed by atoms with Crippen molar-refractivity contribution in [1.82, 2.24) is 20.3 Å². The van der Waals surface area contributed by atoms with E-state index >= 15 is 0 Å². The zero-order chi connectivity index (χ0) is 21.7. The SMILES string of the molecule is CC(CCC(=O)O)NC(=O)c1ccc(CCCc2c[nH]c3nc(N)nc(N)c23)cc1. The number of aliphatic carboxylic acids is 1. The molecule has 158 valence electrons. The number of benzene rings is 1. The number of rotatable bonds is 9. The van der Waals surface area contributed by atoms with Crippen LogP contribution in [0.4, 0.5) is 11.8 Å². The number of H-pyrrole nitrogens is 1. The van der Waals surface area contributed by atoms with Crippen molar-refractivity contribution in [3.8, 4) is 0 Å². The molecule has 9 heteroatoms. The lowest BCUT2D eigenvalue weighted by Gasteiger charge is -2.13. The molecule has 7 N–H and O–H groups in total. The van der Waals surface area contributed by atoms with Crippen LogP contribution in [0.1, 0.15) is 47.7 Å². The first kappa shape index (κ1) is 21.1. The van der Waals surface area contributed by atoms with Crippen molar-refractivity contribution in [2.24, 2.45) is 0 Å². The predicted molar refractivity (Wildman–Crippen MR) is 115 cm³/mol. The summed E-state index contributed by atoms with van der Waals surface area (Å²) in [4.78, 5) is 34.1. The number of nitrogens with two attached hydrogens (primary N) is 2. The van der Waals surface area contributed by atoms with Gasteiger partial charge in [0.05, 0.1) is 5.39 Å². The number of carboxylic acids is 1. The molecule has 2 aromatic heterocycles. The molecule has 1 amide bonds. The number of anilines is 2. The number of nitrogens with one attached hydrogen (secondary N) is 2. The van der Waals surface area contributed by atoms with E-state index in [1.807, 2.05) is 18.3 Å². The van der Waals surface area contributed by atoms with Crippen molar-refractivity contribution in [3.05, 3.63) is 47.2 Å². The molecule has 0 aliphatic carbocycles. The monoisotopic (exact) mass is 410 g/mol. The van der Waals surface area contributed by atoms with Gasteiger partial charge in [0.25, 0.3) is 5.91 Å². The maximum atomic E-state index is 12.3. The van der Waals surface area contributed by atoms with Crippen LogP contribution in [0, 0.1) is 0 Å². The van der Waals surface area contributed by atoms with Gasteiger partial charge in [0.1, 0.15) is 11.5 Å². The van der Waals surface area contributed by atoms with Crippen molar-refractivity contribution in [1.29, 1.82) is 0 Å². The standard InChI is InChI=1S/C21H26N6O3/c1-12(5-10-16(28)29)25-20(30)14-8-6-13(7-9-14)3-2-4-15-11-24-19-17(15)18(22)26-21(23)27-19/h6-9,11-12H,2-5,10H2,1H3,(H,25,30)(H,28,29)(H5,22,23,24,26,27). The van der Waals surface area contributed by atoms with Crippen LogP contribution in [-0.4, -0.2) is 38.0 Å². The Morgan fingerprint density at radius 3 is 2.60 bits per heavy atom. The van der Waals surface area contributed by atoms with Gasteiger partial charge in [0.2, 0.25) is 5.95 Å². The Kier molecular flexibility index (Phi) is 6.51. The third-order valence-electron chi connectivity index (χ3n) is 4.95. The second-order valence-electron chi connectivity index (χ2n) is 7.36. The van der Waals surface area contributed by atoms with Crippen LogP contribution in [0.3, 0.4) is 0 Å². The molecule has 0 spiro atoms. The number of carboxylic acid groups (broad SMARTS) is 1. The van der Waals surface area contributed by atoms with Gasteiger partial charge in [-0.2, -0.15) is 9.97 Å². The number of amides is 1. The number of nitrogens with zero attached hydrogens (tertiary/aromatic N) is 2. The Hall–Kier alpha value is -3.62. The molecular weight excluding hydrogens is 384 g/mol. The van der Waals surface area contributed by atoms with Gasteiger partial charge in [0.15, 0.2) is 0 Å². The van der Waals surface area contributed by atoms with E-state index in [4.69, 9.17) is 16.6 Å². The summed E-state index contributed by atoms with van der Waals surface area (Å²) in [5.74, 6) is -0.545. The van der Waals surface area contributed by atoms with Crippen LogP contribution >= 0.6 is 0 Å². The second-order valence-corrected chi connectivity index (χ2v) is 7.36. The number of hydrogen-bond acceptors (Lipinski definition) is 6. The van der Waals surface area contributed by atoms with Gasteiger partial charge in [0, 0.05) is 24.2 Å². The van der Waals surface area contributed by atoms with Crippen LogP contribution in [0.25, 0.3) is 11.0 Å². The molecule has 0 aliphatic rings. The average Bonchev–Trinajstić information content (AvgIpc) is 3.10. The molecule has 0 radical (unpaired) electrons. The Labute approximate surface area is 173 Å². The lowest BCUT2D eigenvalue weighted by atomic mass is 10.0. The van der Waals surface area contributed by atoms with Gasteiger partial charge in [-0.05, 0) is 55.9 Å². The van der Waals surface area contributed by atoms with Crippen LogP contribution in [-0.2, 0) is 17.6 Å². The normalized spacial score (nSPS) is 12.0. The minimum absolute atomic E-state index is 0.0297. The minimum Gasteiger partial charge on any atom is -0.481 e. The number of carbonyl (C=O) groups excluding carboxylic acids is 1. The highest BCUT2D eigenvalue weighted by molar-refractivity contribution is 5.94. The highest BCUT2D eigenvalue weighted by Gasteiger charge is 2.12. The van der Waals surface area contributed by atoms with Gasteiger partial charge in [-0.1, -0.05) is 12.1 Å². The first-order valence-corrected chi connectivity index (χ1v) is 9.84. The van der Waals surface area contributed by atoms with Crippen molar-refractivity contribution in [3.63, 3.8) is 0 Å². The smallest absolute Gasteiger partial charge is 0.303 e. The highest BCUT2D eigenvalue weighted by Crippen LogP contribution is 2.24. The number of aryl methyl sites for hydroxylation is 2. The maximum Gasteiger partial charge on any atom is 0.303 e. The molecule has 9 nitrogen and oxygen atoms in total. The Morgan fingerprint density at radius 2 is 1.90 bits per heavy atom. The van der Waals surface area contributed by atoms with E-state index in [9.17, 15) is 9.59 Å². The van der Waals surface area contributed by atoms with Crippen LogP contribution in [0.5, 0.6) is 0 Å². The molecule has 3 aromatic rings. The highest BCUT2D eigenvalue weighted by atomic mass is 16.4. The second kappa shape index (κ2) is 9.25. The van der Waals surface area contributed by atoms with Crippen molar-refractivity contribution in [2.75, 3.05) is 11.5 Å². The predicted octanol–water partition coefficient (Wildman–Crippen LogP) is 2.28. The first-order chi connectivity index (χ1) is 14.3. The summed E-state index contributed by atoms with van der Waals surface area (Å²) in [5, 5.41) is 12.4. The van der Waals surface area contributed by atoms with Crippen molar-refractivity contribution >= 4 is 34.7 Å². The lowest BCUT2D eigenvalue weighted by Crippen LogP contribution is -2.32. The molecule has 0 fully saturated rings. The van der Waals surface area contributed by atoms with Gasteiger partial charge in [-0.25, -0.2) is 0 Å². The average molecular weight is 410 g/mol. The topological polar surface area (TPSA) is 160 Å². The molecule has 0 aliphatic heterocycles. The Balaban J connectivity index is 1.53. The van der Waals surface area contributed by atoms with E-state index in [1.54, 1.807) is 19.1 Å². The summed E-state index contributed by atoms with van der Waals surface area (Å²) >= 11 is 0. The molecule has 0 saturated carbocycles. The number of nitrogen functional groups attached to an aromatic ring is 2. The van der Waals surface area contributed by atoms with Gasteiger partial charge < -0.3 is 26.9 Å². The Morgan fingerprint density at radius 1 is 1.17 bits per heavy atom. The number of aromatic amines is 1. The number of aromatic nitrogens is 3. The minimum atomic E-state index is -0.868. The molecular formula is C21H26N6O3. The van der Waals surface area contributed by atoms with E-state index < -0.39 is 5.97 Å². The van der Waals surface area contributed by atoms with Crippen LogP contribution in [0.2, 0.25) is 0 Å². The van der Waals surface area contributed by atoms with Crippen molar-refractivity contribution < 1.29 is 14.7 Å². The summed E-state index contributed by atoms with van der Waals surface area (Å²) in [7, 11) is 0. The molecule has 3 rings (SSSR count). The summed E-state index contributed by atoms with van der Waals surface area (Å²) in [5.41, 5.74) is 15.0.